The van der Waals surface area contributed by atoms with Crippen molar-refractivity contribution < 1.29 is 9.84 Å². The van der Waals surface area contributed by atoms with Crippen LogP contribution >= 0.6 is 0 Å². The summed E-state index contributed by atoms with van der Waals surface area (Å²) in [6, 6.07) is 8.01. The molecule has 0 bridgehead atoms. The molecule has 1 aliphatic heterocycles. The molecule has 1 aromatic carbocycles. The van der Waals surface area contributed by atoms with E-state index in [0.29, 0.717) is 6.61 Å². The van der Waals surface area contributed by atoms with Crippen molar-refractivity contribution in [3.8, 4) is 5.75 Å². The first-order valence-electron chi connectivity index (χ1n) is 7.87. The number of benzene rings is 1. The fourth-order valence-corrected chi connectivity index (χ4v) is 2.91. The van der Waals surface area contributed by atoms with Crippen molar-refractivity contribution in [3.05, 3.63) is 29.8 Å². The van der Waals surface area contributed by atoms with E-state index in [1.165, 1.54) is 25.7 Å². The standard InChI is InChI=1S/C17H27NO2/c1-3-20-16-10-8-15(9-11-16)17(19)14(2)18-12-6-4-5-7-13-18/h8-11,14,17,19H,3-7,12-13H2,1-2H3/t14-,17+/m1/s1. The van der Waals surface area contributed by atoms with Gasteiger partial charge >= 0.3 is 0 Å². The molecule has 1 aliphatic rings. The smallest absolute Gasteiger partial charge is 0.119 e. The van der Waals surface area contributed by atoms with Crippen molar-refractivity contribution in [3.63, 3.8) is 0 Å². The molecule has 0 spiro atoms. The molecule has 1 heterocycles. The topological polar surface area (TPSA) is 32.7 Å². The van der Waals surface area contributed by atoms with E-state index in [0.717, 1.165) is 24.4 Å². The average molecular weight is 277 g/mol. The van der Waals surface area contributed by atoms with Gasteiger partial charge in [-0.1, -0.05) is 25.0 Å². The molecule has 0 aliphatic carbocycles. The summed E-state index contributed by atoms with van der Waals surface area (Å²) in [6.07, 6.45) is 4.72. The lowest BCUT2D eigenvalue weighted by atomic mass is 10.0. The second-order valence-electron chi connectivity index (χ2n) is 5.64. The number of nitrogens with zero attached hydrogens (tertiary/aromatic N) is 1. The van der Waals surface area contributed by atoms with Crippen molar-refractivity contribution in [2.24, 2.45) is 0 Å². The van der Waals surface area contributed by atoms with Crippen molar-refractivity contribution in [2.45, 2.75) is 51.7 Å². The number of aliphatic hydroxyl groups excluding tert-OH is 1. The number of hydrogen-bond donors (Lipinski definition) is 1. The lowest BCUT2D eigenvalue weighted by Gasteiger charge is -2.31. The first kappa shape index (κ1) is 15.3. The summed E-state index contributed by atoms with van der Waals surface area (Å²) >= 11 is 0. The quantitative estimate of drug-likeness (QED) is 0.895. The van der Waals surface area contributed by atoms with Crippen molar-refractivity contribution >= 4 is 0 Å². The second-order valence-corrected chi connectivity index (χ2v) is 5.64. The monoisotopic (exact) mass is 277 g/mol. The Morgan fingerprint density at radius 3 is 2.25 bits per heavy atom. The molecule has 112 valence electrons. The Balaban J connectivity index is 1.99. The zero-order chi connectivity index (χ0) is 14.4. The summed E-state index contributed by atoms with van der Waals surface area (Å²) in [5.74, 6) is 0.867. The molecule has 3 heteroatoms. The summed E-state index contributed by atoms with van der Waals surface area (Å²) in [5.41, 5.74) is 0.977. The van der Waals surface area contributed by atoms with Gasteiger partial charge in [0.15, 0.2) is 0 Å². The number of ether oxygens (including phenoxy) is 1. The molecule has 2 rings (SSSR count). The molecule has 0 radical (unpaired) electrons. The lowest BCUT2D eigenvalue weighted by molar-refractivity contribution is 0.0597. The van der Waals surface area contributed by atoms with Gasteiger partial charge in [0.1, 0.15) is 5.75 Å². The van der Waals surface area contributed by atoms with E-state index < -0.39 is 6.10 Å². The first-order valence-corrected chi connectivity index (χ1v) is 7.87. The summed E-state index contributed by atoms with van der Waals surface area (Å²) in [7, 11) is 0. The Labute approximate surface area is 122 Å². The van der Waals surface area contributed by atoms with E-state index in [-0.39, 0.29) is 6.04 Å². The van der Waals surface area contributed by atoms with Gasteiger partial charge in [0.25, 0.3) is 0 Å². The Bertz CT molecular complexity index is 382. The highest BCUT2D eigenvalue weighted by Crippen LogP contribution is 2.25. The van der Waals surface area contributed by atoms with E-state index in [1.54, 1.807) is 0 Å². The van der Waals surface area contributed by atoms with E-state index in [9.17, 15) is 5.11 Å². The van der Waals surface area contributed by atoms with E-state index in [2.05, 4.69) is 11.8 Å². The van der Waals surface area contributed by atoms with Gasteiger partial charge < -0.3 is 9.84 Å². The summed E-state index contributed by atoms with van der Waals surface area (Å²) < 4.78 is 5.44. The van der Waals surface area contributed by atoms with Gasteiger partial charge in [0.2, 0.25) is 0 Å². The van der Waals surface area contributed by atoms with Gasteiger partial charge in [-0.25, -0.2) is 0 Å². The van der Waals surface area contributed by atoms with Gasteiger partial charge in [-0.2, -0.15) is 0 Å². The average Bonchev–Trinajstić information content (AvgIpc) is 2.76. The van der Waals surface area contributed by atoms with Crippen LogP contribution in [-0.4, -0.2) is 35.7 Å². The molecule has 1 aromatic rings. The van der Waals surface area contributed by atoms with E-state index in [4.69, 9.17) is 4.74 Å². The van der Waals surface area contributed by atoms with Crippen LogP contribution in [0.5, 0.6) is 5.75 Å². The third kappa shape index (κ3) is 3.97. The number of rotatable bonds is 5. The normalized spacial score (nSPS) is 20.1. The molecule has 3 nitrogen and oxygen atoms in total. The van der Waals surface area contributed by atoms with Crippen molar-refractivity contribution in [1.82, 2.24) is 4.90 Å². The van der Waals surface area contributed by atoms with Crippen LogP contribution in [0.3, 0.4) is 0 Å². The molecule has 20 heavy (non-hydrogen) atoms. The van der Waals surface area contributed by atoms with E-state index >= 15 is 0 Å². The maximum Gasteiger partial charge on any atom is 0.119 e. The number of hydrogen-bond acceptors (Lipinski definition) is 3. The maximum absolute atomic E-state index is 10.6. The Morgan fingerprint density at radius 2 is 1.70 bits per heavy atom. The number of likely N-dealkylation sites (tertiary alicyclic amines) is 1. The molecule has 2 atom stereocenters. The van der Waals surface area contributed by atoms with Gasteiger partial charge in [0.05, 0.1) is 12.7 Å². The third-order valence-corrected chi connectivity index (χ3v) is 4.21. The van der Waals surface area contributed by atoms with Gasteiger partial charge in [-0.05, 0) is 57.5 Å². The number of aliphatic hydroxyl groups is 1. The van der Waals surface area contributed by atoms with Crippen LogP contribution in [0.4, 0.5) is 0 Å². The lowest BCUT2D eigenvalue weighted by Crippen LogP contribution is -2.38. The van der Waals surface area contributed by atoms with Crippen LogP contribution in [0.15, 0.2) is 24.3 Å². The maximum atomic E-state index is 10.6. The second kappa shape index (κ2) is 7.65. The minimum atomic E-state index is -0.427. The summed E-state index contributed by atoms with van der Waals surface area (Å²) in [6.45, 7) is 6.99. The third-order valence-electron chi connectivity index (χ3n) is 4.21. The minimum Gasteiger partial charge on any atom is -0.494 e. The molecular weight excluding hydrogens is 250 g/mol. The fourth-order valence-electron chi connectivity index (χ4n) is 2.91. The van der Waals surface area contributed by atoms with Gasteiger partial charge in [-0.3, -0.25) is 4.90 Å². The Kier molecular flexibility index (Phi) is 5.86. The van der Waals surface area contributed by atoms with Gasteiger partial charge in [-0.15, -0.1) is 0 Å². The summed E-state index contributed by atoms with van der Waals surface area (Å²) in [5, 5.41) is 10.6. The van der Waals surface area contributed by atoms with Crippen LogP contribution in [0.1, 0.15) is 51.2 Å². The van der Waals surface area contributed by atoms with Crippen LogP contribution < -0.4 is 4.74 Å². The zero-order valence-corrected chi connectivity index (χ0v) is 12.7. The van der Waals surface area contributed by atoms with Crippen LogP contribution in [-0.2, 0) is 0 Å². The largest absolute Gasteiger partial charge is 0.494 e. The predicted octanol–water partition coefficient (Wildman–Crippen LogP) is 3.38. The van der Waals surface area contributed by atoms with Crippen LogP contribution in [0, 0.1) is 0 Å². The van der Waals surface area contributed by atoms with Crippen molar-refractivity contribution in [2.75, 3.05) is 19.7 Å². The molecule has 1 fully saturated rings. The Morgan fingerprint density at radius 1 is 1.10 bits per heavy atom. The molecule has 1 saturated heterocycles. The van der Waals surface area contributed by atoms with Crippen LogP contribution in [0.25, 0.3) is 0 Å². The molecule has 0 aromatic heterocycles. The van der Waals surface area contributed by atoms with Crippen LogP contribution in [0.2, 0.25) is 0 Å². The molecule has 0 saturated carbocycles. The Hall–Kier alpha value is -1.06. The first-order chi connectivity index (χ1) is 9.72. The molecule has 0 unspecified atom stereocenters. The zero-order valence-electron chi connectivity index (χ0n) is 12.7. The molecule has 1 N–H and O–H groups in total. The van der Waals surface area contributed by atoms with Gasteiger partial charge in [0, 0.05) is 6.04 Å². The highest BCUT2D eigenvalue weighted by Gasteiger charge is 2.23. The molecule has 0 amide bonds. The summed E-state index contributed by atoms with van der Waals surface area (Å²) in [4.78, 5) is 2.42. The fraction of sp³-hybridized carbons (Fsp3) is 0.647. The minimum absolute atomic E-state index is 0.172. The van der Waals surface area contributed by atoms with E-state index in [1.807, 2.05) is 31.2 Å². The highest BCUT2D eigenvalue weighted by molar-refractivity contribution is 5.29. The highest BCUT2D eigenvalue weighted by atomic mass is 16.5. The van der Waals surface area contributed by atoms with Crippen molar-refractivity contribution in [1.29, 1.82) is 0 Å². The SMILES string of the molecule is CCOc1ccc([C@@H](O)[C@@H](C)N2CCCCCC2)cc1. The molecular formula is C17H27NO2. The predicted molar refractivity (Wildman–Crippen MR) is 82.1 cm³/mol.